The summed E-state index contributed by atoms with van der Waals surface area (Å²) in [5, 5.41) is 4.11. The molecule has 0 spiro atoms. The Balaban J connectivity index is 2.00. The number of rotatable bonds is 4. The number of amides is 1. The summed E-state index contributed by atoms with van der Waals surface area (Å²) in [4.78, 5) is 22.3. The van der Waals surface area contributed by atoms with Crippen LogP contribution in [-0.2, 0) is 0 Å². The van der Waals surface area contributed by atoms with Gasteiger partial charge in [-0.05, 0) is 31.5 Å². The summed E-state index contributed by atoms with van der Waals surface area (Å²) in [6.07, 6.45) is 1.44. The molecule has 0 aliphatic carbocycles. The zero-order valence-electron chi connectivity index (χ0n) is 12.6. The highest BCUT2D eigenvalue weighted by molar-refractivity contribution is 7.20. The number of fused-ring (bicyclic) bond motifs is 1. The Morgan fingerprint density at radius 2 is 2.13 bits per heavy atom. The topological polar surface area (TPSA) is 64.1 Å². The Morgan fingerprint density at radius 1 is 1.35 bits per heavy atom. The minimum Gasteiger partial charge on any atom is -0.477 e. The fourth-order valence-electron chi connectivity index (χ4n) is 2.24. The Morgan fingerprint density at radius 3 is 2.87 bits per heavy atom. The van der Waals surface area contributed by atoms with Crippen LogP contribution in [0.15, 0.2) is 30.6 Å². The third-order valence-electron chi connectivity index (χ3n) is 3.30. The first kappa shape index (κ1) is 15.7. The van der Waals surface area contributed by atoms with Crippen molar-refractivity contribution in [3.63, 3.8) is 0 Å². The monoisotopic (exact) mass is 347 g/mol. The molecule has 5 nitrogen and oxygen atoms in total. The lowest BCUT2D eigenvalue weighted by Crippen LogP contribution is -2.11. The maximum Gasteiger partial charge on any atom is 0.266 e. The molecular formula is C16H14ClN3O2S. The van der Waals surface area contributed by atoms with E-state index in [4.69, 9.17) is 16.3 Å². The van der Waals surface area contributed by atoms with E-state index in [0.29, 0.717) is 28.1 Å². The first-order chi connectivity index (χ1) is 11.1. The molecule has 0 fully saturated rings. The van der Waals surface area contributed by atoms with Crippen molar-refractivity contribution in [3.05, 3.63) is 46.1 Å². The molecule has 3 aromatic rings. The van der Waals surface area contributed by atoms with E-state index in [-0.39, 0.29) is 5.91 Å². The highest BCUT2D eigenvalue weighted by Crippen LogP contribution is 2.35. The summed E-state index contributed by atoms with van der Waals surface area (Å²) in [6, 6.07) is 7.12. The van der Waals surface area contributed by atoms with E-state index in [0.717, 1.165) is 15.8 Å². The number of nitrogens with one attached hydrogen (secondary N) is 1. The van der Waals surface area contributed by atoms with Gasteiger partial charge in [-0.2, -0.15) is 0 Å². The summed E-state index contributed by atoms with van der Waals surface area (Å²) < 4.78 is 5.53. The fourth-order valence-corrected chi connectivity index (χ4v) is 3.46. The van der Waals surface area contributed by atoms with E-state index in [1.807, 2.05) is 26.0 Å². The molecule has 0 aliphatic rings. The number of nitrogens with zero attached hydrogens (tertiary/aromatic N) is 2. The van der Waals surface area contributed by atoms with Gasteiger partial charge in [0.2, 0.25) is 5.88 Å². The fraction of sp³-hybridized carbons (Fsp3) is 0.188. The number of anilines is 1. The van der Waals surface area contributed by atoms with Crippen LogP contribution in [0.5, 0.6) is 5.88 Å². The minimum atomic E-state index is -0.221. The van der Waals surface area contributed by atoms with E-state index in [2.05, 4.69) is 15.3 Å². The molecule has 1 amide bonds. The van der Waals surface area contributed by atoms with Gasteiger partial charge in [0.15, 0.2) is 0 Å². The molecule has 3 rings (SSSR count). The molecule has 1 aromatic carbocycles. The van der Waals surface area contributed by atoms with Crippen molar-refractivity contribution < 1.29 is 9.53 Å². The lowest BCUT2D eigenvalue weighted by atomic mass is 10.2. The second-order valence-electron chi connectivity index (χ2n) is 4.78. The molecule has 7 heteroatoms. The standard InChI is InChI=1S/C16H14ClN3O2S/c1-3-22-15-12-9(2)13(23-16(12)19-8-18-15)14(21)20-11-7-5-4-6-10(11)17/h4-8H,3H2,1-2H3,(H,20,21). The highest BCUT2D eigenvalue weighted by atomic mass is 35.5. The van der Waals surface area contributed by atoms with Gasteiger partial charge in [-0.15, -0.1) is 11.3 Å². The van der Waals surface area contributed by atoms with Crippen LogP contribution in [0.4, 0.5) is 5.69 Å². The van der Waals surface area contributed by atoms with Crippen LogP contribution in [-0.4, -0.2) is 22.5 Å². The smallest absolute Gasteiger partial charge is 0.266 e. The third-order valence-corrected chi connectivity index (χ3v) is 4.83. The quantitative estimate of drug-likeness (QED) is 0.764. The van der Waals surface area contributed by atoms with Gasteiger partial charge >= 0.3 is 0 Å². The van der Waals surface area contributed by atoms with Gasteiger partial charge in [-0.3, -0.25) is 4.79 Å². The molecule has 0 bridgehead atoms. The van der Waals surface area contributed by atoms with Gasteiger partial charge in [0.25, 0.3) is 5.91 Å². The van der Waals surface area contributed by atoms with Gasteiger partial charge in [-0.25, -0.2) is 9.97 Å². The number of thiophene rings is 1. The molecule has 0 unspecified atom stereocenters. The van der Waals surface area contributed by atoms with E-state index >= 15 is 0 Å². The summed E-state index contributed by atoms with van der Waals surface area (Å²) in [5.41, 5.74) is 1.38. The summed E-state index contributed by atoms with van der Waals surface area (Å²) in [6.45, 7) is 4.26. The molecule has 0 aliphatic heterocycles. The normalized spacial score (nSPS) is 10.7. The molecule has 118 valence electrons. The predicted octanol–water partition coefficient (Wildman–Crippen LogP) is 4.30. The van der Waals surface area contributed by atoms with E-state index in [1.165, 1.54) is 17.7 Å². The van der Waals surface area contributed by atoms with E-state index in [9.17, 15) is 4.79 Å². The Hall–Kier alpha value is -2.18. The molecule has 0 saturated carbocycles. The molecule has 2 heterocycles. The average Bonchev–Trinajstić information content (AvgIpc) is 2.88. The van der Waals surface area contributed by atoms with Gasteiger partial charge in [0.1, 0.15) is 11.2 Å². The van der Waals surface area contributed by atoms with Crippen LogP contribution in [0.2, 0.25) is 5.02 Å². The summed E-state index contributed by atoms with van der Waals surface area (Å²) >= 11 is 7.40. The van der Waals surface area contributed by atoms with Crippen molar-refractivity contribution in [1.29, 1.82) is 0 Å². The largest absolute Gasteiger partial charge is 0.477 e. The van der Waals surface area contributed by atoms with Crippen molar-refractivity contribution in [2.45, 2.75) is 13.8 Å². The van der Waals surface area contributed by atoms with Gasteiger partial charge in [0.05, 0.1) is 27.6 Å². The van der Waals surface area contributed by atoms with Crippen LogP contribution < -0.4 is 10.1 Å². The molecule has 2 aromatic heterocycles. The van der Waals surface area contributed by atoms with Crippen LogP contribution >= 0.6 is 22.9 Å². The molecule has 1 N–H and O–H groups in total. The number of para-hydroxylation sites is 1. The summed E-state index contributed by atoms with van der Waals surface area (Å²) in [7, 11) is 0. The molecule has 0 radical (unpaired) electrons. The first-order valence-corrected chi connectivity index (χ1v) is 8.24. The second kappa shape index (κ2) is 6.52. The Bertz CT molecular complexity index is 879. The lowest BCUT2D eigenvalue weighted by molar-refractivity contribution is 0.103. The minimum absolute atomic E-state index is 0.221. The third kappa shape index (κ3) is 3.00. The van der Waals surface area contributed by atoms with Crippen molar-refractivity contribution in [1.82, 2.24) is 9.97 Å². The second-order valence-corrected chi connectivity index (χ2v) is 6.19. The molecule has 23 heavy (non-hydrogen) atoms. The van der Waals surface area contributed by atoms with Crippen molar-refractivity contribution >= 4 is 44.7 Å². The SMILES string of the molecule is CCOc1ncnc2sc(C(=O)Nc3ccccc3Cl)c(C)c12. The van der Waals surface area contributed by atoms with E-state index < -0.39 is 0 Å². The molecule has 0 atom stereocenters. The van der Waals surface area contributed by atoms with Gasteiger partial charge in [-0.1, -0.05) is 23.7 Å². The zero-order valence-corrected chi connectivity index (χ0v) is 14.2. The number of benzene rings is 1. The Kier molecular flexibility index (Phi) is 4.45. The number of hydrogen-bond donors (Lipinski definition) is 1. The van der Waals surface area contributed by atoms with Crippen LogP contribution in [0.25, 0.3) is 10.2 Å². The molecule has 0 saturated heterocycles. The van der Waals surface area contributed by atoms with Crippen LogP contribution in [0.1, 0.15) is 22.2 Å². The number of aromatic nitrogens is 2. The van der Waals surface area contributed by atoms with E-state index in [1.54, 1.807) is 12.1 Å². The van der Waals surface area contributed by atoms with Crippen molar-refractivity contribution in [3.8, 4) is 5.88 Å². The van der Waals surface area contributed by atoms with Crippen LogP contribution in [0, 0.1) is 6.92 Å². The number of halogens is 1. The lowest BCUT2D eigenvalue weighted by Gasteiger charge is -2.06. The summed E-state index contributed by atoms with van der Waals surface area (Å²) in [5.74, 6) is 0.282. The number of carbonyl (C=O) groups excluding carboxylic acids is 1. The van der Waals surface area contributed by atoms with Crippen molar-refractivity contribution in [2.75, 3.05) is 11.9 Å². The van der Waals surface area contributed by atoms with Crippen molar-refractivity contribution in [2.24, 2.45) is 0 Å². The number of ether oxygens (including phenoxy) is 1. The number of hydrogen-bond acceptors (Lipinski definition) is 5. The first-order valence-electron chi connectivity index (χ1n) is 7.04. The number of carbonyl (C=O) groups is 1. The average molecular weight is 348 g/mol. The number of aryl methyl sites for hydroxylation is 1. The zero-order chi connectivity index (χ0) is 16.4. The van der Waals surface area contributed by atoms with Crippen LogP contribution in [0.3, 0.4) is 0 Å². The maximum absolute atomic E-state index is 12.6. The highest BCUT2D eigenvalue weighted by Gasteiger charge is 2.20. The van der Waals surface area contributed by atoms with Gasteiger partial charge < -0.3 is 10.1 Å². The predicted molar refractivity (Wildman–Crippen MR) is 92.7 cm³/mol. The van der Waals surface area contributed by atoms with Gasteiger partial charge in [0, 0.05) is 0 Å². The molecular weight excluding hydrogens is 334 g/mol. The Labute approximate surface area is 142 Å². The maximum atomic E-state index is 12.6.